The quantitative estimate of drug-likeness (QED) is 0.733. The SMILES string of the molecule is CCN1CCN(c2ccc(C(=O)Nc3nn(CC)c4sccc34)cc2)CC1. The summed E-state index contributed by atoms with van der Waals surface area (Å²) in [5.74, 6) is 0.518. The number of aryl methyl sites for hydroxylation is 1. The molecule has 7 heteroatoms. The van der Waals surface area contributed by atoms with Gasteiger partial charge in [-0.05, 0) is 49.2 Å². The van der Waals surface area contributed by atoms with Crippen LogP contribution in [0.5, 0.6) is 0 Å². The highest BCUT2D eigenvalue weighted by atomic mass is 32.1. The summed E-state index contributed by atoms with van der Waals surface area (Å²) in [7, 11) is 0. The van der Waals surface area contributed by atoms with Crippen molar-refractivity contribution in [2.45, 2.75) is 20.4 Å². The highest BCUT2D eigenvalue weighted by Crippen LogP contribution is 2.28. The molecule has 27 heavy (non-hydrogen) atoms. The molecule has 0 saturated carbocycles. The van der Waals surface area contributed by atoms with Gasteiger partial charge in [0, 0.05) is 44.0 Å². The molecule has 6 nitrogen and oxygen atoms in total. The molecule has 1 aliphatic heterocycles. The molecule has 0 spiro atoms. The number of carbonyl (C=O) groups is 1. The number of nitrogens with zero attached hydrogens (tertiary/aromatic N) is 4. The van der Waals surface area contributed by atoms with E-state index in [0.29, 0.717) is 11.4 Å². The van der Waals surface area contributed by atoms with Crippen molar-refractivity contribution >= 4 is 39.0 Å². The lowest BCUT2D eigenvalue weighted by molar-refractivity contribution is 0.102. The number of piperazine rings is 1. The highest BCUT2D eigenvalue weighted by Gasteiger charge is 2.17. The number of hydrogen-bond donors (Lipinski definition) is 1. The van der Waals surface area contributed by atoms with Crippen molar-refractivity contribution in [2.75, 3.05) is 42.9 Å². The molecule has 3 aromatic rings. The van der Waals surface area contributed by atoms with Crippen LogP contribution in [-0.4, -0.2) is 53.3 Å². The number of thiophene rings is 1. The number of likely N-dealkylation sites (N-methyl/N-ethyl adjacent to an activating group) is 1. The molecular formula is C20H25N5OS. The average molecular weight is 384 g/mol. The van der Waals surface area contributed by atoms with Gasteiger partial charge in [0.25, 0.3) is 5.91 Å². The summed E-state index contributed by atoms with van der Waals surface area (Å²) in [6, 6.07) is 9.90. The Hall–Kier alpha value is -2.38. The van der Waals surface area contributed by atoms with Crippen LogP contribution < -0.4 is 10.2 Å². The van der Waals surface area contributed by atoms with E-state index in [4.69, 9.17) is 0 Å². The molecule has 1 aromatic carbocycles. The lowest BCUT2D eigenvalue weighted by atomic mass is 10.1. The smallest absolute Gasteiger partial charge is 0.256 e. The summed E-state index contributed by atoms with van der Waals surface area (Å²) < 4.78 is 1.93. The number of carbonyl (C=O) groups excluding carboxylic acids is 1. The third-order valence-corrected chi connectivity index (χ3v) is 6.13. The Morgan fingerprint density at radius 2 is 1.81 bits per heavy atom. The Morgan fingerprint density at radius 1 is 1.07 bits per heavy atom. The van der Waals surface area contributed by atoms with Crippen molar-refractivity contribution in [2.24, 2.45) is 0 Å². The molecule has 0 aliphatic carbocycles. The van der Waals surface area contributed by atoms with Crippen LogP contribution in [0, 0.1) is 0 Å². The summed E-state index contributed by atoms with van der Waals surface area (Å²) in [5.41, 5.74) is 1.83. The molecule has 4 rings (SSSR count). The van der Waals surface area contributed by atoms with E-state index in [-0.39, 0.29) is 5.91 Å². The fourth-order valence-electron chi connectivity index (χ4n) is 3.53. The van der Waals surface area contributed by atoms with Crippen molar-refractivity contribution in [3.05, 3.63) is 41.3 Å². The van der Waals surface area contributed by atoms with Gasteiger partial charge < -0.3 is 15.1 Å². The van der Waals surface area contributed by atoms with Crippen LogP contribution in [0.1, 0.15) is 24.2 Å². The van der Waals surface area contributed by atoms with Crippen LogP contribution >= 0.6 is 11.3 Å². The van der Waals surface area contributed by atoms with Crippen LogP contribution in [0.25, 0.3) is 10.2 Å². The molecule has 2 aromatic heterocycles. The molecule has 3 heterocycles. The largest absolute Gasteiger partial charge is 0.369 e. The van der Waals surface area contributed by atoms with Gasteiger partial charge in [0.1, 0.15) is 4.83 Å². The highest BCUT2D eigenvalue weighted by molar-refractivity contribution is 7.16. The second kappa shape index (κ2) is 7.70. The number of aromatic nitrogens is 2. The van der Waals surface area contributed by atoms with Crippen molar-refractivity contribution < 1.29 is 4.79 Å². The molecule has 0 atom stereocenters. The molecule has 1 fully saturated rings. The van der Waals surface area contributed by atoms with Crippen molar-refractivity contribution in [1.82, 2.24) is 14.7 Å². The van der Waals surface area contributed by atoms with Gasteiger partial charge in [-0.3, -0.25) is 9.48 Å². The monoisotopic (exact) mass is 383 g/mol. The van der Waals surface area contributed by atoms with Gasteiger partial charge in [-0.2, -0.15) is 5.10 Å². The number of hydrogen-bond acceptors (Lipinski definition) is 5. The Bertz CT molecular complexity index is 922. The van der Waals surface area contributed by atoms with Crippen molar-refractivity contribution in [3.8, 4) is 0 Å². The zero-order chi connectivity index (χ0) is 18.8. The minimum absolute atomic E-state index is 0.119. The van der Waals surface area contributed by atoms with Gasteiger partial charge in [0.05, 0.1) is 5.39 Å². The summed E-state index contributed by atoms with van der Waals surface area (Å²) in [4.78, 5) is 18.6. The van der Waals surface area contributed by atoms with Crippen molar-refractivity contribution in [1.29, 1.82) is 0 Å². The normalized spacial score (nSPS) is 15.4. The molecule has 1 aliphatic rings. The maximum atomic E-state index is 12.7. The zero-order valence-electron chi connectivity index (χ0n) is 15.8. The Labute approximate surface area is 163 Å². The molecule has 0 unspecified atom stereocenters. The van der Waals surface area contributed by atoms with Crippen LogP contribution in [-0.2, 0) is 6.54 Å². The van der Waals surface area contributed by atoms with Gasteiger partial charge >= 0.3 is 0 Å². The van der Waals surface area contributed by atoms with Crippen molar-refractivity contribution in [3.63, 3.8) is 0 Å². The Balaban J connectivity index is 1.45. The zero-order valence-corrected chi connectivity index (χ0v) is 16.6. The van der Waals surface area contributed by atoms with E-state index in [9.17, 15) is 4.79 Å². The summed E-state index contributed by atoms with van der Waals surface area (Å²) in [5, 5.41) is 10.5. The molecule has 142 valence electrons. The summed E-state index contributed by atoms with van der Waals surface area (Å²) in [6.07, 6.45) is 0. The van der Waals surface area contributed by atoms with Gasteiger partial charge in [0.15, 0.2) is 5.82 Å². The molecule has 1 saturated heterocycles. The lowest BCUT2D eigenvalue weighted by Crippen LogP contribution is -2.46. The van der Waals surface area contributed by atoms with E-state index < -0.39 is 0 Å². The number of benzene rings is 1. The van der Waals surface area contributed by atoms with Crippen LogP contribution in [0.2, 0.25) is 0 Å². The second-order valence-corrected chi connectivity index (χ2v) is 7.62. The Kier molecular flexibility index (Phi) is 5.13. The van der Waals surface area contributed by atoms with E-state index in [2.05, 4.69) is 34.1 Å². The molecule has 1 N–H and O–H groups in total. The van der Waals surface area contributed by atoms with E-state index >= 15 is 0 Å². The van der Waals surface area contributed by atoms with Gasteiger partial charge in [-0.25, -0.2) is 0 Å². The minimum atomic E-state index is -0.119. The van der Waals surface area contributed by atoms with Crippen LogP contribution in [0.4, 0.5) is 11.5 Å². The average Bonchev–Trinajstić information content (AvgIpc) is 3.32. The van der Waals surface area contributed by atoms with Gasteiger partial charge in [-0.15, -0.1) is 11.3 Å². The van der Waals surface area contributed by atoms with Gasteiger partial charge in [-0.1, -0.05) is 6.92 Å². The predicted octanol–water partition coefficient (Wildman–Crippen LogP) is 3.51. The minimum Gasteiger partial charge on any atom is -0.369 e. The van der Waals surface area contributed by atoms with Gasteiger partial charge in [0.2, 0.25) is 0 Å². The standard InChI is InChI=1S/C20H25N5OS/c1-3-23-10-12-24(13-11-23)16-7-5-15(6-8-16)19(26)21-18-17-9-14-27-20(17)25(4-2)22-18/h5-9,14H,3-4,10-13H2,1-2H3,(H,21,22,26). The van der Waals surface area contributed by atoms with E-state index in [1.807, 2.05) is 40.4 Å². The maximum Gasteiger partial charge on any atom is 0.256 e. The number of amides is 1. The van der Waals surface area contributed by atoms with E-state index in [1.165, 1.54) is 5.69 Å². The van der Waals surface area contributed by atoms with Crippen LogP contribution in [0.3, 0.4) is 0 Å². The van der Waals surface area contributed by atoms with E-state index in [0.717, 1.165) is 49.5 Å². The predicted molar refractivity (Wildman–Crippen MR) is 112 cm³/mol. The first-order chi connectivity index (χ1) is 13.2. The third-order valence-electron chi connectivity index (χ3n) is 5.20. The fourth-order valence-corrected chi connectivity index (χ4v) is 4.45. The first-order valence-corrected chi connectivity index (χ1v) is 10.4. The lowest BCUT2D eigenvalue weighted by Gasteiger charge is -2.35. The third kappa shape index (κ3) is 3.57. The number of rotatable bonds is 5. The summed E-state index contributed by atoms with van der Waals surface area (Å²) >= 11 is 1.64. The topological polar surface area (TPSA) is 53.4 Å². The molecular weight excluding hydrogens is 358 g/mol. The first kappa shape index (κ1) is 18.0. The molecule has 1 amide bonds. The Morgan fingerprint density at radius 3 is 2.48 bits per heavy atom. The maximum absolute atomic E-state index is 12.7. The van der Waals surface area contributed by atoms with E-state index in [1.54, 1.807) is 11.3 Å². The number of nitrogens with one attached hydrogen (secondary N) is 1. The fraction of sp³-hybridized carbons (Fsp3) is 0.400. The number of anilines is 2. The molecule has 0 radical (unpaired) electrons. The first-order valence-electron chi connectivity index (χ1n) is 9.52. The second-order valence-electron chi connectivity index (χ2n) is 6.73. The molecule has 0 bridgehead atoms. The summed E-state index contributed by atoms with van der Waals surface area (Å²) in [6.45, 7) is 10.4. The number of fused-ring (bicyclic) bond motifs is 1. The van der Waals surface area contributed by atoms with Crippen LogP contribution in [0.15, 0.2) is 35.7 Å².